The SMILES string of the molecule is Cc1ccc(NC(=O)COc2cccc(/C=N\NC(=O)C(=O)Nc3cccc(Cl)c3Cl)c2)cc1C. The maximum atomic E-state index is 12.2. The van der Waals surface area contributed by atoms with Crippen LogP contribution in [0, 0.1) is 13.8 Å². The number of hydrazone groups is 1. The van der Waals surface area contributed by atoms with Crippen LogP contribution in [-0.4, -0.2) is 30.5 Å². The summed E-state index contributed by atoms with van der Waals surface area (Å²) in [6.07, 6.45) is 1.33. The van der Waals surface area contributed by atoms with Crippen LogP contribution in [0.1, 0.15) is 16.7 Å². The average Bonchev–Trinajstić information content (AvgIpc) is 2.83. The van der Waals surface area contributed by atoms with Gasteiger partial charge in [0.2, 0.25) is 0 Å². The van der Waals surface area contributed by atoms with Gasteiger partial charge in [-0.15, -0.1) is 0 Å². The lowest BCUT2D eigenvalue weighted by atomic mass is 10.1. The quantitative estimate of drug-likeness (QED) is 0.241. The first-order valence-electron chi connectivity index (χ1n) is 10.4. The van der Waals surface area contributed by atoms with E-state index in [0.717, 1.165) is 11.1 Å². The molecule has 3 aromatic carbocycles. The average molecular weight is 513 g/mol. The largest absolute Gasteiger partial charge is 0.484 e. The molecule has 0 bridgehead atoms. The number of benzene rings is 3. The van der Waals surface area contributed by atoms with Gasteiger partial charge >= 0.3 is 11.8 Å². The first-order chi connectivity index (χ1) is 16.7. The van der Waals surface area contributed by atoms with Crippen LogP contribution < -0.4 is 20.8 Å². The monoisotopic (exact) mass is 512 g/mol. The van der Waals surface area contributed by atoms with Crippen LogP contribution in [0.3, 0.4) is 0 Å². The summed E-state index contributed by atoms with van der Waals surface area (Å²) in [5.41, 5.74) is 5.82. The molecule has 3 amide bonds. The second kappa shape index (κ2) is 12.0. The van der Waals surface area contributed by atoms with E-state index in [1.165, 1.54) is 12.3 Å². The lowest BCUT2D eigenvalue weighted by Crippen LogP contribution is -2.32. The first kappa shape index (κ1) is 25.7. The molecule has 10 heteroatoms. The smallest absolute Gasteiger partial charge is 0.329 e. The van der Waals surface area contributed by atoms with Crippen molar-refractivity contribution in [1.29, 1.82) is 0 Å². The zero-order valence-electron chi connectivity index (χ0n) is 18.9. The molecule has 180 valence electrons. The summed E-state index contributed by atoms with van der Waals surface area (Å²) in [4.78, 5) is 36.2. The molecule has 0 radical (unpaired) electrons. The highest BCUT2D eigenvalue weighted by Gasteiger charge is 2.15. The van der Waals surface area contributed by atoms with Crippen molar-refractivity contribution in [2.75, 3.05) is 17.2 Å². The van der Waals surface area contributed by atoms with E-state index in [4.69, 9.17) is 27.9 Å². The second-order valence-corrected chi connectivity index (χ2v) is 8.25. The van der Waals surface area contributed by atoms with E-state index in [1.54, 1.807) is 36.4 Å². The van der Waals surface area contributed by atoms with E-state index in [2.05, 4.69) is 21.2 Å². The summed E-state index contributed by atoms with van der Waals surface area (Å²) >= 11 is 11.9. The number of nitrogens with one attached hydrogen (secondary N) is 3. The molecule has 0 saturated carbocycles. The highest BCUT2D eigenvalue weighted by molar-refractivity contribution is 6.45. The molecule has 0 heterocycles. The summed E-state index contributed by atoms with van der Waals surface area (Å²) in [5, 5.41) is 9.28. The minimum atomic E-state index is -0.993. The fourth-order valence-corrected chi connectivity index (χ4v) is 3.19. The van der Waals surface area contributed by atoms with Gasteiger partial charge in [0.15, 0.2) is 6.61 Å². The number of nitrogens with zero attached hydrogens (tertiary/aromatic N) is 1. The normalized spacial score (nSPS) is 10.6. The van der Waals surface area contributed by atoms with Crippen molar-refractivity contribution in [3.63, 3.8) is 0 Å². The van der Waals surface area contributed by atoms with Crippen LogP contribution in [0.25, 0.3) is 0 Å². The number of anilines is 2. The maximum Gasteiger partial charge on any atom is 0.329 e. The van der Waals surface area contributed by atoms with Gasteiger partial charge < -0.3 is 15.4 Å². The van der Waals surface area contributed by atoms with Crippen molar-refractivity contribution in [3.8, 4) is 5.75 Å². The minimum absolute atomic E-state index is 0.123. The predicted octanol–water partition coefficient (Wildman–Crippen LogP) is 4.72. The van der Waals surface area contributed by atoms with Crippen molar-refractivity contribution in [1.82, 2.24) is 5.43 Å². The Kier molecular flexibility index (Phi) is 8.83. The van der Waals surface area contributed by atoms with Gasteiger partial charge in [-0.05, 0) is 66.9 Å². The van der Waals surface area contributed by atoms with Crippen molar-refractivity contribution >= 4 is 58.5 Å². The molecule has 0 aliphatic rings. The predicted molar refractivity (Wildman–Crippen MR) is 137 cm³/mol. The van der Waals surface area contributed by atoms with Gasteiger partial charge in [-0.1, -0.05) is 47.5 Å². The number of hydrogen-bond acceptors (Lipinski definition) is 5. The minimum Gasteiger partial charge on any atom is -0.484 e. The number of halogens is 2. The molecule has 35 heavy (non-hydrogen) atoms. The molecule has 0 unspecified atom stereocenters. The van der Waals surface area contributed by atoms with Crippen molar-refractivity contribution in [2.45, 2.75) is 13.8 Å². The Balaban J connectivity index is 1.50. The molecule has 0 spiro atoms. The van der Waals surface area contributed by atoms with Gasteiger partial charge in [0.1, 0.15) is 5.75 Å². The lowest BCUT2D eigenvalue weighted by Gasteiger charge is -2.09. The maximum absolute atomic E-state index is 12.2. The van der Waals surface area contributed by atoms with Crippen molar-refractivity contribution in [3.05, 3.63) is 87.4 Å². The van der Waals surface area contributed by atoms with E-state index >= 15 is 0 Å². The standard InChI is InChI=1S/C25H22Cl2N4O4/c1-15-9-10-18(11-16(15)2)29-22(32)14-35-19-6-3-5-17(12-19)13-28-31-25(34)24(33)30-21-8-4-7-20(26)23(21)27/h3-13H,14H2,1-2H3,(H,29,32)(H,30,33)(H,31,34)/b28-13-. The van der Waals surface area contributed by atoms with E-state index in [1.807, 2.05) is 32.0 Å². The van der Waals surface area contributed by atoms with Gasteiger partial charge in [0, 0.05) is 5.69 Å². The molecule has 0 aliphatic carbocycles. The van der Waals surface area contributed by atoms with E-state index in [9.17, 15) is 14.4 Å². The number of aryl methyl sites for hydroxylation is 2. The highest BCUT2D eigenvalue weighted by atomic mass is 35.5. The number of carbonyl (C=O) groups is 3. The van der Waals surface area contributed by atoms with Crippen LogP contribution >= 0.6 is 23.2 Å². The van der Waals surface area contributed by atoms with E-state index in [0.29, 0.717) is 17.0 Å². The zero-order chi connectivity index (χ0) is 25.4. The molecule has 0 aromatic heterocycles. The Labute approximate surface area is 212 Å². The number of rotatable bonds is 7. The van der Waals surface area contributed by atoms with E-state index in [-0.39, 0.29) is 28.2 Å². The molecule has 0 aliphatic heterocycles. The topological polar surface area (TPSA) is 109 Å². The number of hydrogen-bond donors (Lipinski definition) is 3. The Bertz CT molecular complexity index is 1290. The molecule has 0 atom stereocenters. The molecular formula is C25H22Cl2N4O4. The van der Waals surface area contributed by atoms with Crippen molar-refractivity contribution in [2.24, 2.45) is 5.10 Å². The molecule has 0 fully saturated rings. The van der Waals surface area contributed by atoms with Gasteiger partial charge in [-0.2, -0.15) is 5.10 Å². The number of carbonyl (C=O) groups excluding carboxylic acids is 3. The molecule has 3 aromatic rings. The molecule has 3 rings (SSSR count). The van der Waals surface area contributed by atoms with Crippen molar-refractivity contribution < 1.29 is 19.1 Å². The van der Waals surface area contributed by atoms with Gasteiger partial charge in [0.05, 0.1) is 21.9 Å². The fraction of sp³-hybridized carbons (Fsp3) is 0.120. The summed E-state index contributed by atoms with van der Waals surface area (Å²) in [6, 6.07) is 17.0. The van der Waals surface area contributed by atoms with E-state index < -0.39 is 11.8 Å². The Morgan fingerprint density at radius 2 is 1.69 bits per heavy atom. The third kappa shape index (κ3) is 7.56. The zero-order valence-corrected chi connectivity index (χ0v) is 20.4. The highest BCUT2D eigenvalue weighted by Crippen LogP contribution is 2.29. The summed E-state index contributed by atoms with van der Waals surface area (Å²) in [7, 11) is 0. The van der Waals surface area contributed by atoms with Crippen LogP contribution in [0.2, 0.25) is 10.0 Å². The molecular weight excluding hydrogens is 491 g/mol. The third-order valence-corrected chi connectivity index (χ3v) is 5.62. The Hall–Kier alpha value is -3.88. The first-order valence-corrected chi connectivity index (χ1v) is 11.2. The third-order valence-electron chi connectivity index (χ3n) is 4.80. The molecule has 8 nitrogen and oxygen atoms in total. The van der Waals surface area contributed by atoms with Gasteiger partial charge in [-0.3, -0.25) is 14.4 Å². The Morgan fingerprint density at radius 3 is 2.46 bits per heavy atom. The lowest BCUT2D eigenvalue weighted by molar-refractivity contribution is -0.136. The van der Waals surface area contributed by atoms with Gasteiger partial charge in [0.25, 0.3) is 5.91 Å². The number of ether oxygens (including phenoxy) is 1. The summed E-state index contributed by atoms with van der Waals surface area (Å²) in [6.45, 7) is 3.78. The molecule has 0 saturated heterocycles. The van der Waals surface area contributed by atoms with Crippen LogP contribution in [0.15, 0.2) is 65.8 Å². The Morgan fingerprint density at radius 1 is 0.914 bits per heavy atom. The fourth-order valence-electron chi connectivity index (χ4n) is 2.85. The molecule has 3 N–H and O–H groups in total. The van der Waals surface area contributed by atoms with Gasteiger partial charge in [-0.25, -0.2) is 5.43 Å². The number of amides is 3. The summed E-state index contributed by atoms with van der Waals surface area (Å²) in [5.74, 6) is -1.82. The van der Waals surface area contributed by atoms with Crippen LogP contribution in [-0.2, 0) is 14.4 Å². The van der Waals surface area contributed by atoms with Crippen LogP contribution in [0.4, 0.5) is 11.4 Å². The van der Waals surface area contributed by atoms with Crippen LogP contribution in [0.5, 0.6) is 5.75 Å². The summed E-state index contributed by atoms with van der Waals surface area (Å²) < 4.78 is 5.54. The second-order valence-electron chi connectivity index (χ2n) is 7.46.